The maximum Gasteiger partial charge on any atom is 0.256 e. The van der Waals surface area contributed by atoms with E-state index in [-0.39, 0.29) is 36.2 Å². The average molecular weight is 533 g/mol. The number of hydrogen-bond donors (Lipinski definition) is 1. The maximum atomic E-state index is 13.2. The molecule has 10 heteroatoms. The van der Waals surface area contributed by atoms with Crippen molar-refractivity contribution in [1.82, 2.24) is 9.97 Å². The van der Waals surface area contributed by atoms with Crippen molar-refractivity contribution in [3.8, 4) is 28.8 Å². The normalized spacial score (nSPS) is 10.5. The van der Waals surface area contributed by atoms with Crippen LogP contribution in [0.15, 0.2) is 58.9 Å². The van der Waals surface area contributed by atoms with Gasteiger partial charge in [-0.3, -0.25) is 0 Å². The molecular formula is C27H21FN4O3S2. The van der Waals surface area contributed by atoms with Crippen molar-refractivity contribution in [2.75, 3.05) is 20.3 Å². The van der Waals surface area contributed by atoms with Crippen LogP contribution >= 0.6 is 23.1 Å². The summed E-state index contributed by atoms with van der Waals surface area (Å²) < 4.78 is 24.0. The van der Waals surface area contributed by atoms with Gasteiger partial charge in [0.15, 0.2) is 0 Å². The van der Waals surface area contributed by atoms with E-state index in [9.17, 15) is 9.65 Å². The summed E-state index contributed by atoms with van der Waals surface area (Å²) in [6, 6.07) is 15.5. The molecule has 0 spiro atoms. The molecule has 0 saturated heterocycles. The highest BCUT2D eigenvalue weighted by molar-refractivity contribution is 7.98. The van der Waals surface area contributed by atoms with Crippen LogP contribution in [0, 0.1) is 23.7 Å². The number of aromatic nitrogens is 2. The van der Waals surface area contributed by atoms with Gasteiger partial charge in [0.1, 0.15) is 29.3 Å². The van der Waals surface area contributed by atoms with E-state index in [2.05, 4.69) is 20.9 Å². The van der Waals surface area contributed by atoms with Crippen LogP contribution in [0.1, 0.15) is 21.8 Å². The standard InChI is InChI=1S/C27H21FN4O3S2/c1-30-25-24(18-5-9-21(10-6-18)35-12-11-33)22(14-29)27(32-26(25)34-2)37-16-20-15-36-23(31-20)13-17-3-7-19(28)8-4-17/h3-10,15,33H,11-13,16H2,2H3. The maximum absolute atomic E-state index is 13.2. The van der Waals surface area contributed by atoms with E-state index in [4.69, 9.17) is 21.2 Å². The Morgan fingerprint density at radius 3 is 2.57 bits per heavy atom. The van der Waals surface area contributed by atoms with E-state index in [1.807, 2.05) is 5.38 Å². The van der Waals surface area contributed by atoms with E-state index in [0.29, 0.717) is 34.1 Å². The number of methoxy groups -OCH3 is 1. The lowest BCUT2D eigenvalue weighted by Crippen LogP contribution is -2.01. The molecule has 37 heavy (non-hydrogen) atoms. The predicted molar refractivity (Wildman–Crippen MR) is 141 cm³/mol. The molecule has 7 nitrogen and oxygen atoms in total. The summed E-state index contributed by atoms with van der Waals surface area (Å²) in [4.78, 5) is 12.7. The van der Waals surface area contributed by atoms with Crippen LogP contribution in [0.25, 0.3) is 16.0 Å². The SMILES string of the molecule is [C-]#[N+]c1c(OC)nc(SCc2csc(Cc3ccc(F)cc3)n2)c(C#N)c1-c1ccc(OCCO)cc1. The van der Waals surface area contributed by atoms with E-state index in [1.54, 1.807) is 36.4 Å². The Balaban J connectivity index is 1.60. The molecule has 0 amide bonds. The topological polar surface area (TPSA) is 92.6 Å². The highest BCUT2D eigenvalue weighted by Gasteiger charge is 2.23. The molecule has 0 unspecified atom stereocenters. The van der Waals surface area contributed by atoms with E-state index in [1.165, 1.54) is 42.3 Å². The first kappa shape index (κ1) is 26.1. The lowest BCUT2D eigenvalue weighted by molar-refractivity contribution is 0.201. The Kier molecular flexibility index (Phi) is 8.70. The number of thioether (sulfide) groups is 1. The van der Waals surface area contributed by atoms with Crippen molar-refractivity contribution >= 4 is 28.8 Å². The van der Waals surface area contributed by atoms with Gasteiger partial charge >= 0.3 is 0 Å². The summed E-state index contributed by atoms with van der Waals surface area (Å²) in [6.45, 7) is 7.77. The Bertz CT molecular complexity index is 1460. The molecule has 0 saturated carbocycles. The third-order valence-electron chi connectivity index (χ3n) is 5.25. The zero-order valence-electron chi connectivity index (χ0n) is 19.8. The van der Waals surface area contributed by atoms with Gasteiger partial charge in [-0.1, -0.05) is 36.0 Å². The minimum atomic E-state index is -0.272. The molecule has 1 N–H and O–H groups in total. The summed E-state index contributed by atoms with van der Waals surface area (Å²) in [5.74, 6) is 0.902. The molecule has 4 rings (SSSR count). The first-order valence-electron chi connectivity index (χ1n) is 11.1. The monoisotopic (exact) mass is 532 g/mol. The second-order valence-electron chi connectivity index (χ2n) is 7.67. The number of ether oxygens (including phenoxy) is 2. The number of hydrogen-bond acceptors (Lipinski definition) is 8. The Labute approximate surface area is 222 Å². The van der Waals surface area contributed by atoms with Crippen molar-refractivity contribution in [2.24, 2.45) is 0 Å². The largest absolute Gasteiger partial charge is 0.491 e. The van der Waals surface area contributed by atoms with Crippen molar-refractivity contribution in [3.63, 3.8) is 0 Å². The van der Waals surface area contributed by atoms with E-state index >= 15 is 0 Å². The number of nitrogens with zero attached hydrogens (tertiary/aromatic N) is 4. The number of pyridine rings is 1. The van der Waals surface area contributed by atoms with E-state index < -0.39 is 0 Å². The van der Waals surface area contributed by atoms with Crippen LogP contribution in [0.5, 0.6) is 11.6 Å². The quantitative estimate of drug-likeness (QED) is 0.197. The zero-order chi connectivity index (χ0) is 26.2. The van der Waals surface area contributed by atoms with Crippen LogP contribution in [0.2, 0.25) is 0 Å². The van der Waals surface area contributed by atoms with Gasteiger partial charge in [-0.25, -0.2) is 19.2 Å². The van der Waals surface area contributed by atoms with Crippen LogP contribution in [-0.4, -0.2) is 35.4 Å². The fourth-order valence-electron chi connectivity index (χ4n) is 3.57. The highest BCUT2D eigenvalue weighted by atomic mass is 32.2. The van der Waals surface area contributed by atoms with Crippen LogP contribution in [-0.2, 0) is 12.2 Å². The number of benzene rings is 2. The molecule has 0 atom stereocenters. The van der Waals surface area contributed by atoms with E-state index in [0.717, 1.165) is 16.3 Å². The number of thiazole rings is 1. The van der Waals surface area contributed by atoms with Gasteiger partial charge in [-0.05, 0) is 35.4 Å². The lowest BCUT2D eigenvalue weighted by atomic mass is 10.00. The molecule has 0 aliphatic rings. The van der Waals surface area contributed by atoms with Crippen molar-refractivity contribution in [1.29, 1.82) is 5.26 Å². The summed E-state index contributed by atoms with van der Waals surface area (Å²) in [6.07, 6.45) is 0.604. The molecule has 0 aliphatic carbocycles. The van der Waals surface area contributed by atoms with Gasteiger partial charge < -0.3 is 14.6 Å². The smallest absolute Gasteiger partial charge is 0.256 e. The second kappa shape index (κ2) is 12.3. The molecule has 0 radical (unpaired) electrons. The first-order chi connectivity index (χ1) is 18.1. The summed E-state index contributed by atoms with van der Waals surface area (Å²) in [7, 11) is 1.44. The first-order valence-corrected chi connectivity index (χ1v) is 13.0. The molecule has 2 heterocycles. The summed E-state index contributed by atoms with van der Waals surface area (Å²) >= 11 is 2.86. The Hall–Kier alpha value is -3.96. The zero-order valence-corrected chi connectivity index (χ0v) is 21.4. The van der Waals surface area contributed by atoms with Crippen LogP contribution in [0.4, 0.5) is 10.1 Å². The number of nitriles is 1. The van der Waals surface area contributed by atoms with Gasteiger partial charge in [0.2, 0.25) is 5.88 Å². The summed E-state index contributed by atoms with van der Waals surface area (Å²) in [5.41, 5.74) is 3.33. The Morgan fingerprint density at radius 2 is 1.92 bits per heavy atom. The number of rotatable bonds is 10. The van der Waals surface area contributed by atoms with Crippen LogP contribution < -0.4 is 9.47 Å². The highest BCUT2D eigenvalue weighted by Crippen LogP contribution is 2.44. The molecule has 0 aliphatic heterocycles. The average Bonchev–Trinajstić information content (AvgIpc) is 3.38. The van der Waals surface area contributed by atoms with Gasteiger partial charge in [-0.15, -0.1) is 11.3 Å². The van der Waals surface area contributed by atoms with Crippen LogP contribution in [0.3, 0.4) is 0 Å². The third kappa shape index (κ3) is 6.25. The molecule has 0 fully saturated rings. The van der Waals surface area contributed by atoms with Crippen molar-refractivity contribution in [3.05, 3.63) is 93.0 Å². The van der Waals surface area contributed by atoms with Crippen molar-refractivity contribution < 1.29 is 19.0 Å². The van der Waals surface area contributed by atoms with Gasteiger partial charge in [0.05, 0.1) is 36.6 Å². The van der Waals surface area contributed by atoms with Gasteiger partial charge in [0, 0.05) is 23.1 Å². The Morgan fingerprint density at radius 1 is 1.16 bits per heavy atom. The molecule has 4 aromatic rings. The van der Waals surface area contributed by atoms with Gasteiger partial charge in [-0.2, -0.15) is 5.26 Å². The molecular weight excluding hydrogens is 511 g/mol. The predicted octanol–water partition coefficient (Wildman–Crippen LogP) is 6.03. The second-order valence-corrected chi connectivity index (χ2v) is 9.58. The molecule has 2 aromatic heterocycles. The minimum absolute atomic E-state index is 0.100. The van der Waals surface area contributed by atoms with Gasteiger partial charge in [0.25, 0.3) is 5.69 Å². The summed E-state index contributed by atoms with van der Waals surface area (Å²) in [5, 5.41) is 22.3. The number of aliphatic hydroxyl groups is 1. The fraction of sp³-hybridized carbons (Fsp3) is 0.185. The third-order valence-corrected chi connectivity index (χ3v) is 7.16. The lowest BCUT2D eigenvalue weighted by Gasteiger charge is -2.14. The number of halogens is 1. The molecule has 186 valence electrons. The molecule has 2 aromatic carbocycles. The fourth-order valence-corrected chi connectivity index (χ4v) is 5.37. The molecule has 0 bridgehead atoms. The number of aliphatic hydroxyl groups excluding tert-OH is 1. The minimum Gasteiger partial charge on any atom is -0.491 e. The van der Waals surface area contributed by atoms with Crippen molar-refractivity contribution in [2.45, 2.75) is 17.2 Å².